The number of rotatable bonds is 7. The lowest BCUT2D eigenvalue weighted by Gasteiger charge is -2.53. The second kappa shape index (κ2) is 10.0. The Morgan fingerprint density at radius 3 is 2.43 bits per heavy atom. The number of aliphatic hydroxyl groups is 1. The molecule has 1 N–H and O–H groups in total. The Hall–Kier alpha value is -2.23. The van der Waals surface area contributed by atoms with Crippen molar-refractivity contribution in [3.63, 3.8) is 0 Å². The molecule has 5 nitrogen and oxygen atoms in total. The average Bonchev–Trinajstić information content (AvgIpc) is 3.12. The van der Waals surface area contributed by atoms with Crippen molar-refractivity contribution in [2.24, 2.45) is 5.92 Å². The molecule has 1 atom stereocenters. The van der Waals surface area contributed by atoms with Gasteiger partial charge >= 0.3 is 0 Å². The van der Waals surface area contributed by atoms with E-state index in [0.29, 0.717) is 18.0 Å². The molecule has 1 aliphatic heterocycles. The molecule has 5 rings (SSSR count). The Balaban J connectivity index is 1.40. The summed E-state index contributed by atoms with van der Waals surface area (Å²) in [5.41, 5.74) is 3.28. The van der Waals surface area contributed by atoms with Gasteiger partial charge in [0.05, 0.1) is 11.6 Å². The molecule has 2 aromatic carbocycles. The zero-order valence-electron chi connectivity index (χ0n) is 21.4. The summed E-state index contributed by atoms with van der Waals surface area (Å²) in [7, 11) is 2.27. The molecule has 0 radical (unpaired) electrons. The first-order valence-corrected chi connectivity index (χ1v) is 13.4. The second-order valence-electron chi connectivity index (χ2n) is 11.1. The number of nitriles is 1. The molecule has 35 heavy (non-hydrogen) atoms. The quantitative estimate of drug-likeness (QED) is 0.620. The third-order valence-corrected chi connectivity index (χ3v) is 9.36. The van der Waals surface area contributed by atoms with Gasteiger partial charge in [0.25, 0.3) is 0 Å². The Kier molecular flexibility index (Phi) is 7.01. The third kappa shape index (κ3) is 4.54. The smallest absolute Gasteiger partial charge is 0.166 e. The topological polar surface area (TPSA) is 53.7 Å². The molecule has 2 saturated carbocycles. The highest BCUT2D eigenvalue weighted by molar-refractivity contribution is 5.33. The summed E-state index contributed by atoms with van der Waals surface area (Å²) >= 11 is 0. The number of nitrogens with zero attached hydrogens (tertiary/aromatic N) is 4. The zero-order valence-corrected chi connectivity index (χ0v) is 21.4. The van der Waals surface area contributed by atoms with Crippen LogP contribution in [0, 0.1) is 17.2 Å². The molecular formula is C30H40N4O. The van der Waals surface area contributed by atoms with Crippen LogP contribution < -0.4 is 0 Å². The van der Waals surface area contributed by atoms with Crippen molar-refractivity contribution in [2.75, 3.05) is 26.7 Å². The van der Waals surface area contributed by atoms with Gasteiger partial charge in [0.2, 0.25) is 0 Å². The second-order valence-corrected chi connectivity index (χ2v) is 11.1. The fraction of sp³-hybridized carbons (Fsp3) is 0.567. The van der Waals surface area contributed by atoms with Gasteiger partial charge in [-0.15, -0.1) is 0 Å². The van der Waals surface area contributed by atoms with Gasteiger partial charge in [-0.05, 0) is 81.3 Å². The highest BCUT2D eigenvalue weighted by atomic mass is 16.3. The maximum atomic E-state index is 11.6. The standard InChI is InChI=1S/C30H40N4O/c1-3-32(2)30(27-13-5-4-6-14-27)17-15-29(16-18-30)23-33(21-26-12-8-11-25(19-26)20-31)28(35)34(29)22-24-9-7-10-24/h4-6,8,11-14,19,24,28,35H,3,7,9-10,15-18,21-23H2,1-2H3. The minimum Gasteiger partial charge on any atom is -0.365 e. The summed E-state index contributed by atoms with van der Waals surface area (Å²) < 4.78 is 0. The van der Waals surface area contributed by atoms with Crippen LogP contribution in [0.15, 0.2) is 54.6 Å². The first-order valence-electron chi connectivity index (χ1n) is 13.4. The van der Waals surface area contributed by atoms with Crippen molar-refractivity contribution in [1.29, 1.82) is 5.26 Å². The van der Waals surface area contributed by atoms with E-state index in [4.69, 9.17) is 0 Å². The Labute approximate surface area is 211 Å². The van der Waals surface area contributed by atoms with Gasteiger partial charge < -0.3 is 5.11 Å². The predicted octanol–water partition coefficient (Wildman–Crippen LogP) is 4.91. The maximum Gasteiger partial charge on any atom is 0.166 e. The minimum absolute atomic E-state index is 0.00864. The van der Waals surface area contributed by atoms with E-state index in [1.165, 1.54) is 24.8 Å². The lowest BCUT2D eigenvalue weighted by Crippen LogP contribution is -2.57. The molecule has 3 fully saturated rings. The molecule has 3 aliphatic rings. The molecular weight excluding hydrogens is 432 g/mol. The summed E-state index contributed by atoms with van der Waals surface area (Å²) in [6.45, 7) is 5.85. The average molecular weight is 473 g/mol. The van der Waals surface area contributed by atoms with Gasteiger partial charge in [-0.25, -0.2) is 0 Å². The van der Waals surface area contributed by atoms with Gasteiger partial charge in [0.1, 0.15) is 0 Å². The maximum absolute atomic E-state index is 11.6. The zero-order chi connectivity index (χ0) is 24.5. The largest absolute Gasteiger partial charge is 0.365 e. The molecule has 0 amide bonds. The van der Waals surface area contributed by atoms with Crippen LogP contribution in [0.3, 0.4) is 0 Å². The van der Waals surface area contributed by atoms with E-state index in [9.17, 15) is 10.4 Å². The van der Waals surface area contributed by atoms with Crippen LogP contribution in [0.1, 0.15) is 68.6 Å². The highest BCUT2D eigenvalue weighted by Crippen LogP contribution is 2.50. The Morgan fingerprint density at radius 2 is 1.80 bits per heavy atom. The molecule has 2 aliphatic carbocycles. The van der Waals surface area contributed by atoms with Crippen molar-refractivity contribution in [1.82, 2.24) is 14.7 Å². The monoisotopic (exact) mass is 472 g/mol. The van der Waals surface area contributed by atoms with E-state index in [1.807, 2.05) is 18.2 Å². The molecule has 1 heterocycles. The van der Waals surface area contributed by atoms with Gasteiger partial charge in [-0.2, -0.15) is 5.26 Å². The molecule has 1 unspecified atom stereocenters. The fourth-order valence-corrected chi connectivity index (χ4v) is 6.86. The van der Waals surface area contributed by atoms with Gasteiger partial charge in [0.15, 0.2) is 6.35 Å². The first kappa shape index (κ1) is 24.5. The first-order chi connectivity index (χ1) is 17.0. The van der Waals surface area contributed by atoms with Crippen molar-refractivity contribution >= 4 is 0 Å². The molecule has 0 aromatic heterocycles. The van der Waals surface area contributed by atoms with Crippen molar-refractivity contribution < 1.29 is 5.11 Å². The van der Waals surface area contributed by atoms with Gasteiger partial charge in [0, 0.05) is 30.7 Å². The SMILES string of the molecule is CCN(C)C1(c2ccccc2)CCC2(CC1)CN(Cc1cccc(C#N)c1)C(O)N2CC1CCC1. The summed E-state index contributed by atoms with van der Waals surface area (Å²) in [5.74, 6) is 0.711. The molecule has 5 heteroatoms. The third-order valence-electron chi connectivity index (χ3n) is 9.36. The van der Waals surface area contributed by atoms with E-state index in [-0.39, 0.29) is 11.1 Å². The van der Waals surface area contributed by atoms with Crippen LogP contribution in [0.5, 0.6) is 0 Å². The minimum atomic E-state index is -0.561. The van der Waals surface area contributed by atoms with Crippen LogP contribution in [-0.2, 0) is 12.1 Å². The summed E-state index contributed by atoms with van der Waals surface area (Å²) in [5, 5.41) is 20.9. The molecule has 186 valence electrons. The lowest BCUT2D eigenvalue weighted by molar-refractivity contribution is -0.104. The molecule has 2 aromatic rings. The van der Waals surface area contributed by atoms with Gasteiger partial charge in [-0.3, -0.25) is 14.7 Å². The van der Waals surface area contributed by atoms with Crippen molar-refractivity contribution in [2.45, 2.75) is 75.8 Å². The van der Waals surface area contributed by atoms with Crippen LogP contribution in [-0.4, -0.2) is 58.4 Å². The Morgan fingerprint density at radius 1 is 1.06 bits per heavy atom. The van der Waals surface area contributed by atoms with Crippen LogP contribution in [0.2, 0.25) is 0 Å². The molecule has 0 bridgehead atoms. The van der Waals surface area contributed by atoms with Crippen LogP contribution in [0.25, 0.3) is 0 Å². The lowest BCUT2D eigenvalue weighted by atomic mass is 9.68. The number of aliphatic hydroxyl groups excluding tert-OH is 1. The van der Waals surface area contributed by atoms with E-state index in [2.05, 4.69) is 71.1 Å². The fourth-order valence-electron chi connectivity index (χ4n) is 6.86. The Bertz CT molecular complexity index is 1040. The van der Waals surface area contributed by atoms with E-state index < -0.39 is 6.35 Å². The number of benzene rings is 2. The number of hydrogen-bond acceptors (Lipinski definition) is 5. The molecule has 1 saturated heterocycles. The predicted molar refractivity (Wildman–Crippen MR) is 139 cm³/mol. The van der Waals surface area contributed by atoms with E-state index in [1.54, 1.807) is 0 Å². The summed E-state index contributed by atoms with van der Waals surface area (Å²) in [6, 6.07) is 21.1. The normalized spacial score (nSPS) is 30.0. The van der Waals surface area contributed by atoms with Crippen LogP contribution in [0.4, 0.5) is 0 Å². The van der Waals surface area contributed by atoms with Crippen molar-refractivity contribution in [3.05, 3.63) is 71.3 Å². The van der Waals surface area contributed by atoms with Crippen molar-refractivity contribution in [3.8, 4) is 6.07 Å². The number of hydrogen-bond donors (Lipinski definition) is 1. The van der Waals surface area contributed by atoms with Crippen LogP contribution >= 0.6 is 0 Å². The van der Waals surface area contributed by atoms with E-state index >= 15 is 0 Å². The highest BCUT2D eigenvalue weighted by Gasteiger charge is 2.55. The van der Waals surface area contributed by atoms with Gasteiger partial charge in [-0.1, -0.05) is 55.8 Å². The summed E-state index contributed by atoms with van der Waals surface area (Å²) in [4.78, 5) is 7.25. The molecule has 1 spiro atoms. The van der Waals surface area contributed by atoms with E-state index in [0.717, 1.165) is 50.9 Å². The summed E-state index contributed by atoms with van der Waals surface area (Å²) in [6.07, 6.45) is 7.72.